The van der Waals surface area contributed by atoms with Crippen LogP contribution in [-0.2, 0) is 0 Å². The van der Waals surface area contributed by atoms with Crippen LogP contribution < -0.4 is 10.6 Å². The Morgan fingerprint density at radius 3 is 2.75 bits per heavy atom. The molecule has 0 fully saturated rings. The summed E-state index contributed by atoms with van der Waals surface area (Å²) in [4.78, 5) is 0. The molecule has 84 valence electrons. The van der Waals surface area contributed by atoms with E-state index in [0.29, 0.717) is 10.8 Å². The van der Waals surface area contributed by atoms with Crippen molar-refractivity contribution < 1.29 is 4.39 Å². The van der Waals surface area contributed by atoms with E-state index in [1.54, 1.807) is 6.07 Å². The molecule has 0 saturated heterocycles. The fourth-order valence-electron chi connectivity index (χ4n) is 1.12. The van der Waals surface area contributed by atoms with Gasteiger partial charge in [-0.2, -0.15) is 5.26 Å². The van der Waals surface area contributed by atoms with Crippen molar-refractivity contribution in [2.45, 2.75) is 19.9 Å². The average molecular weight is 237 g/mol. The third-order valence-electron chi connectivity index (χ3n) is 1.76. The lowest BCUT2D eigenvalue weighted by Gasteiger charge is -2.13. The Bertz CT molecular complexity index is 437. The second kappa shape index (κ2) is 5.42. The van der Waals surface area contributed by atoms with Crippen molar-refractivity contribution in [1.29, 1.82) is 5.26 Å². The van der Waals surface area contributed by atoms with Gasteiger partial charge in [-0.15, -0.1) is 0 Å². The number of hydrogen-bond donors (Lipinski definition) is 2. The molecule has 5 heteroatoms. The zero-order chi connectivity index (χ0) is 12.1. The van der Waals surface area contributed by atoms with Gasteiger partial charge in [-0.25, -0.2) is 4.39 Å². The number of thiocarbonyl (C=S) groups is 1. The minimum atomic E-state index is -0.532. The van der Waals surface area contributed by atoms with E-state index in [1.165, 1.54) is 18.2 Å². The molecule has 2 N–H and O–H groups in total. The summed E-state index contributed by atoms with van der Waals surface area (Å²) in [6, 6.07) is 6.18. The Morgan fingerprint density at radius 1 is 1.50 bits per heavy atom. The largest absolute Gasteiger partial charge is 0.360 e. The molecule has 1 aromatic rings. The molecule has 0 aliphatic carbocycles. The molecule has 0 unspecified atom stereocenters. The first-order valence-corrected chi connectivity index (χ1v) is 5.21. The fraction of sp³-hybridized carbons (Fsp3) is 0.273. The molecular formula is C11H12FN3S. The summed E-state index contributed by atoms with van der Waals surface area (Å²) in [6.45, 7) is 3.92. The monoisotopic (exact) mass is 237 g/mol. The molecule has 0 aromatic heterocycles. The SMILES string of the molecule is CC(C)NC(=S)Nc1ccc(F)c(C#N)c1. The van der Waals surface area contributed by atoms with Gasteiger partial charge in [-0.1, -0.05) is 0 Å². The van der Waals surface area contributed by atoms with Crippen LogP contribution in [0.15, 0.2) is 18.2 Å². The Balaban J connectivity index is 2.76. The van der Waals surface area contributed by atoms with Crippen molar-refractivity contribution in [3.05, 3.63) is 29.6 Å². The summed E-state index contributed by atoms with van der Waals surface area (Å²) in [5.74, 6) is -0.532. The van der Waals surface area contributed by atoms with Crippen LogP contribution in [-0.4, -0.2) is 11.2 Å². The third kappa shape index (κ3) is 3.48. The predicted octanol–water partition coefficient (Wildman–Crippen LogP) is 2.39. The smallest absolute Gasteiger partial charge is 0.170 e. The average Bonchev–Trinajstić information content (AvgIpc) is 2.19. The Labute approximate surface area is 99.3 Å². The minimum absolute atomic E-state index is 0.00246. The summed E-state index contributed by atoms with van der Waals surface area (Å²) in [6.07, 6.45) is 0. The molecule has 0 atom stereocenters. The van der Waals surface area contributed by atoms with Crippen LogP contribution in [0.2, 0.25) is 0 Å². The van der Waals surface area contributed by atoms with Crippen LogP contribution in [0.4, 0.5) is 10.1 Å². The molecule has 0 heterocycles. The zero-order valence-electron chi connectivity index (χ0n) is 9.04. The standard InChI is InChI=1S/C11H12FN3S/c1-7(2)14-11(16)15-9-3-4-10(12)8(5-9)6-13/h3-5,7H,1-2H3,(H2,14,15,16). The van der Waals surface area contributed by atoms with E-state index in [9.17, 15) is 4.39 Å². The van der Waals surface area contributed by atoms with E-state index in [-0.39, 0.29) is 11.6 Å². The van der Waals surface area contributed by atoms with Gasteiger partial charge in [0.2, 0.25) is 0 Å². The number of benzene rings is 1. The highest BCUT2D eigenvalue weighted by Crippen LogP contribution is 2.13. The predicted molar refractivity (Wildman–Crippen MR) is 65.6 cm³/mol. The molecule has 0 saturated carbocycles. The van der Waals surface area contributed by atoms with Gasteiger partial charge in [0.15, 0.2) is 5.11 Å². The Hall–Kier alpha value is -1.67. The Kier molecular flexibility index (Phi) is 4.20. The van der Waals surface area contributed by atoms with Crippen LogP contribution >= 0.6 is 12.2 Å². The van der Waals surface area contributed by atoms with Crippen molar-refractivity contribution >= 4 is 23.0 Å². The first-order chi connectivity index (χ1) is 7.52. The lowest BCUT2D eigenvalue weighted by molar-refractivity contribution is 0.624. The maximum Gasteiger partial charge on any atom is 0.170 e. The van der Waals surface area contributed by atoms with Crippen LogP contribution in [0.25, 0.3) is 0 Å². The van der Waals surface area contributed by atoms with Gasteiger partial charge in [0.05, 0.1) is 5.56 Å². The quantitative estimate of drug-likeness (QED) is 0.775. The molecule has 1 rings (SSSR count). The number of nitriles is 1. The maximum absolute atomic E-state index is 13.0. The van der Waals surface area contributed by atoms with Gasteiger partial charge in [-0.05, 0) is 44.3 Å². The van der Waals surface area contributed by atoms with Crippen LogP contribution in [0.3, 0.4) is 0 Å². The number of rotatable bonds is 2. The molecule has 0 aliphatic rings. The second-order valence-corrected chi connectivity index (χ2v) is 3.97. The summed E-state index contributed by atoms with van der Waals surface area (Å²) < 4.78 is 13.0. The molecule has 16 heavy (non-hydrogen) atoms. The summed E-state index contributed by atoms with van der Waals surface area (Å²) in [5, 5.41) is 15.0. The number of halogens is 1. The normalized spacial score (nSPS) is 9.69. The van der Waals surface area contributed by atoms with Gasteiger partial charge in [0.1, 0.15) is 11.9 Å². The lowest BCUT2D eigenvalue weighted by atomic mass is 10.2. The third-order valence-corrected chi connectivity index (χ3v) is 1.98. The van der Waals surface area contributed by atoms with Crippen molar-refractivity contribution in [3.8, 4) is 6.07 Å². The van der Waals surface area contributed by atoms with Gasteiger partial charge >= 0.3 is 0 Å². The van der Waals surface area contributed by atoms with Gasteiger partial charge in [0.25, 0.3) is 0 Å². The highest BCUT2D eigenvalue weighted by Gasteiger charge is 2.04. The topological polar surface area (TPSA) is 47.8 Å². The van der Waals surface area contributed by atoms with Gasteiger partial charge in [0, 0.05) is 11.7 Å². The molecule has 0 bridgehead atoms. The molecule has 0 aliphatic heterocycles. The van der Waals surface area contributed by atoms with Crippen molar-refractivity contribution in [2.75, 3.05) is 5.32 Å². The summed E-state index contributed by atoms with van der Waals surface area (Å²) in [7, 11) is 0. The van der Waals surface area contributed by atoms with Crippen LogP contribution in [0, 0.1) is 17.1 Å². The minimum Gasteiger partial charge on any atom is -0.360 e. The molecule has 0 radical (unpaired) electrons. The maximum atomic E-state index is 13.0. The van der Waals surface area contributed by atoms with Crippen molar-refractivity contribution in [1.82, 2.24) is 5.32 Å². The van der Waals surface area contributed by atoms with Crippen molar-refractivity contribution in [3.63, 3.8) is 0 Å². The fourth-order valence-corrected chi connectivity index (χ4v) is 1.47. The molecule has 1 aromatic carbocycles. The highest BCUT2D eigenvalue weighted by molar-refractivity contribution is 7.80. The second-order valence-electron chi connectivity index (χ2n) is 3.56. The number of nitrogens with zero attached hydrogens (tertiary/aromatic N) is 1. The van der Waals surface area contributed by atoms with Gasteiger partial charge in [-0.3, -0.25) is 0 Å². The number of nitrogens with one attached hydrogen (secondary N) is 2. The molecular weight excluding hydrogens is 225 g/mol. The van der Waals surface area contributed by atoms with Crippen LogP contribution in [0.1, 0.15) is 19.4 Å². The van der Waals surface area contributed by atoms with E-state index in [0.717, 1.165) is 0 Å². The number of anilines is 1. The van der Waals surface area contributed by atoms with E-state index in [2.05, 4.69) is 10.6 Å². The number of hydrogen-bond acceptors (Lipinski definition) is 2. The van der Waals surface area contributed by atoms with E-state index in [4.69, 9.17) is 17.5 Å². The Morgan fingerprint density at radius 2 is 2.19 bits per heavy atom. The summed E-state index contributed by atoms with van der Waals surface area (Å²) in [5.41, 5.74) is 0.591. The van der Waals surface area contributed by atoms with E-state index in [1.807, 2.05) is 13.8 Å². The van der Waals surface area contributed by atoms with Crippen LogP contribution in [0.5, 0.6) is 0 Å². The first kappa shape index (κ1) is 12.4. The highest BCUT2D eigenvalue weighted by atomic mass is 32.1. The van der Waals surface area contributed by atoms with E-state index >= 15 is 0 Å². The molecule has 0 spiro atoms. The summed E-state index contributed by atoms with van der Waals surface area (Å²) >= 11 is 5.03. The van der Waals surface area contributed by atoms with Gasteiger partial charge < -0.3 is 10.6 Å². The molecule has 0 amide bonds. The van der Waals surface area contributed by atoms with Crippen molar-refractivity contribution in [2.24, 2.45) is 0 Å². The van der Waals surface area contributed by atoms with E-state index < -0.39 is 5.82 Å². The zero-order valence-corrected chi connectivity index (χ0v) is 9.86. The lowest BCUT2D eigenvalue weighted by Crippen LogP contribution is -2.33. The first-order valence-electron chi connectivity index (χ1n) is 4.80. The molecule has 3 nitrogen and oxygen atoms in total.